The van der Waals surface area contributed by atoms with Crippen molar-refractivity contribution >= 4 is 21.6 Å². The van der Waals surface area contributed by atoms with E-state index >= 15 is 0 Å². The standard InChI is InChI=1S/C11H13NOS/c1-6-4-9-11(8(3)7(6)2)14-10(5-13)12-9/h4,13H,5H2,1-3H3. The van der Waals surface area contributed by atoms with Crippen molar-refractivity contribution in [1.29, 1.82) is 0 Å². The van der Waals surface area contributed by atoms with Crippen LogP contribution in [0, 0.1) is 20.8 Å². The minimum absolute atomic E-state index is 0.0386. The molecule has 1 aromatic carbocycles. The molecule has 0 aliphatic rings. The number of benzene rings is 1. The van der Waals surface area contributed by atoms with Gasteiger partial charge in [-0.05, 0) is 43.5 Å². The van der Waals surface area contributed by atoms with Crippen molar-refractivity contribution in [1.82, 2.24) is 4.98 Å². The molecule has 14 heavy (non-hydrogen) atoms. The fourth-order valence-electron chi connectivity index (χ4n) is 1.59. The zero-order valence-electron chi connectivity index (χ0n) is 8.59. The van der Waals surface area contributed by atoms with Gasteiger partial charge in [0.15, 0.2) is 0 Å². The van der Waals surface area contributed by atoms with Gasteiger partial charge in [0.25, 0.3) is 0 Å². The SMILES string of the molecule is Cc1cc2nc(CO)sc2c(C)c1C. The zero-order valence-corrected chi connectivity index (χ0v) is 9.40. The molecule has 2 aromatic rings. The number of hydrogen-bond acceptors (Lipinski definition) is 3. The monoisotopic (exact) mass is 207 g/mol. The van der Waals surface area contributed by atoms with Crippen molar-refractivity contribution in [2.24, 2.45) is 0 Å². The van der Waals surface area contributed by atoms with Crippen molar-refractivity contribution in [2.45, 2.75) is 27.4 Å². The lowest BCUT2D eigenvalue weighted by Gasteiger charge is -2.04. The van der Waals surface area contributed by atoms with Gasteiger partial charge in [0.1, 0.15) is 5.01 Å². The lowest BCUT2D eigenvalue weighted by atomic mass is 10.0. The van der Waals surface area contributed by atoms with E-state index in [0.29, 0.717) is 0 Å². The molecule has 0 saturated carbocycles. The molecule has 0 saturated heterocycles. The van der Waals surface area contributed by atoms with E-state index in [1.807, 2.05) is 0 Å². The van der Waals surface area contributed by atoms with Gasteiger partial charge in [0, 0.05) is 0 Å². The third kappa shape index (κ3) is 1.33. The Labute approximate surface area is 87.2 Å². The fraction of sp³-hybridized carbons (Fsp3) is 0.364. The number of aliphatic hydroxyl groups is 1. The Morgan fingerprint density at radius 3 is 2.64 bits per heavy atom. The zero-order chi connectivity index (χ0) is 10.3. The summed E-state index contributed by atoms with van der Waals surface area (Å²) in [6, 6.07) is 2.09. The van der Waals surface area contributed by atoms with Crippen molar-refractivity contribution < 1.29 is 5.11 Å². The van der Waals surface area contributed by atoms with Gasteiger partial charge in [0.2, 0.25) is 0 Å². The van der Waals surface area contributed by atoms with Gasteiger partial charge in [-0.1, -0.05) is 0 Å². The molecule has 0 fully saturated rings. The average molecular weight is 207 g/mol. The number of hydrogen-bond donors (Lipinski definition) is 1. The van der Waals surface area contributed by atoms with E-state index in [0.717, 1.165) is 10.5 Å². The van der Waals surface area contributed by atoms with E-state index in [2.05, 4.69) is 31.8 Å². The summed E-state index contributed by atoms with van der Waals surface area (Å²) in [6.07, 6.45) is 0. The first-order valence-corrected chi connectivity index (χ1v) is 5.42. The van der Waals surface area contributed by atoms with Crippen molar-refractivity contribution in [3.05, 3.63) is 27.8 Å². The molecule has 0 aliphatic heterocycles. The molecule has 0 unspecified atom stereocenters. The normalized spacial score (nSPS) is 11.1. The third-order valence-electron chi connectivity index (χ3n) is 2.68. The number of aromatic nitrogens is 1. The van der Waals surface area contributed by atoms with E-state index in [-0.39, 0.29) is 6.61 Å². The second-order valence-electron chi connectivity index (χ2n) is 3.56. The highest BCUT2D eigenvalue weighted by molar-refractivity contribution is 7.18. The number of fused-ring (bicyclic) bond motifs is 1. The Morgan fingerprint density at radius 2 is 2.00 bits per heavy atom. The van der Waals surface area contributed by atoms with Crippen LogP contribution in [0.3, 0.4) is 0 Å². The summed E-state index contributed by atoms with van der Waals surface area (Å²) in [4.78, 5) is 4.36. The number of nitrogens with zero attached hydrogens (tertiary/aromatic N) is 1. The van der Waals surface area contributed by atoms with Gasteiger partial charge in [-0.3, -0.25) is 0 Å². The molecule has 1 heterocycles. The lowest BCUT2D eigenvalue weighted by molar-refractivity contribution is 0.281. The predicted octanol–water partition coefficient (Wildman–Crippen LogP) is 2.71. The second-order valence-corrected chi connectivity index (χ2v) is 4.64. The molecule has 2 nitrogen and oxygen atoms in total. The third-order valence-corrected chi connectivity index (χ3v) is 3.86. The highest BCUT2D eigenvalue weighted by Gasteiger charge is 2.08. The Morgan fingerprint density at radius 1 is 1.29 bits per heavy atom. The summed E-state index contributed by atoms with van der Waals surface area (Å²) in [5, 5.41) is 9.82. The fourth-order valence-corrected chi connectivity index (χ4v) is 2.55. The summed E-state index contributed by atoms with van der Waals surface area (Å²) < 4.78 is 1.21. The molecule has 0 spiro atoms. The molecule has 2 rings (SSSR count). The molecular weight excluding hydrogens is 194 g/mol. The quantitative estimate of drug-likeness (QED) is 0.780. The highest BCUT2D eigenvalue weighted by atomic mass is 32.1. The lowest BCUT2D eigenvalue weighted by Crippen LogP contribution is -1.86. The number of aryl methyl sites for hydroxylation is 2. The summed E-state index contributed by atoms with van der Waals surface area (Å²) >= 11 is 1.59. The molecule has 0 bridgehead atoms. The number of thiazole rings is 1. The van der Waals surface area contributed by atoms with Crippen molar-refractivity contribution in [3.8, 4) is 0 Å². The second kappa shape index (κ2) is 3.33. The molecule has 1 aromatic heterocycles. The van der Waals surface area contributed by atoms with Crippen LogP contribution in [0.25, 0.3) is 10.2 Å². The molecule has 0 amide bonds. The Bertz CT molecular complexity index is 487. The van der Waals surface area contributed by atoms with Crippen LogP contribution in [-0.4, -0.2) is 10.1 Å². The molecule has 1 N–H and O–H groups in total. The van der Waals surface area contributed by atoms with Gasteiger partial charge < -0.3 is 5.11 Å². The van der Waals surface area contributed by atoms with Gasteiger partial charge in [-0.25, -0.2) is 4.98 Å². The van der Waals surface area contributed by atoms with Crippen LogP contribution < -0.4 is 0 Å². The first kappa shape index (κ1) is 9.62. The van der Waals surface area contributed by atoms with Gasteiger partial charge in [0.05, 0.1) is 16.8 Å². The smallest absolute Gasteiger partial charge is 0.119 e. The van der Waals surface area contributed by atoms with E-state index in [1.165, 1.54) is 21.4 Å². The maximum Gasteiger partial charge on any atom is 0.119 e. The topological polar surface area (TPSA) is 33.1 Å². The van der Waals surface area contributed by atoms with E-state index in [4.69, 9.17) is 5.11 Å². The Kier molecular flexibility index (Phi) is 2.29. The van der Waals surface area contributed by atoms with Crippen LogP contribution in [0.4, 0.5) is 0 Å². The summed E-state index contributed by atoms with van der Waals surface area (Å²) in [5.74, 6) is 0. The molecule has 0 atom stereocenters. The maximum atomic E-state index is 9.02. The summed E-state index contributed by atoms with van der Waals surface area (Å²) in [7, 11) is 0. The summed E-state index contributed by atoms with van der Waals surface area (Å²) in [5.41, 5.74) is 4.90. The number of rotatable bonds is 1. The predicted molar refractivity (Wildman–Crippen MR) is 59.8 cm³/mol. The molecule has 3 heteroatoms. The molecule has 74 valence electrons. The van der Waals surface area contributed by atoms with E-state index < -0.39 is 0 Å². The maximum absolute atomic E-state index is 9.02. The van der Waals surface area contributed by atoms with Crippen LogP contribution >= 0.6 is 11.3 Å². The van der Waals surface area contributed by atoms with Crippen LogP contribution in [0.15, 0.2) is 6.07 Å². The summed E-state index contributed by atoms with van der Waals surface area (Å²) in [6.45, 7) is 6.38. The first-order valence-electron chi connectivity index (χ1n) is 4.60. The van der Waals surface area contributed by atoms with Gasteiger partial charge in [-0.15, -0.1) is 11.3 Å². The first-order chi connectivity index (χ1) is 6.63. The van der Waals surface area contributed by atoms with E-state index in [1.54, 1.807) is 11.3 Å². The molecular formula is C11H13NOS. The van der Waals surface area contributed by atoms with Gasteiger partial charge >= 0.3 is 0 Å². The highest BCUT2D eigenvalue weighted by Crippen LogP contribution is 2.29. The molecule has 0 radical (unpaired) electrons. The van der Waals surface area contributed by atoms with Crippen molar-refractivity contribution in [3.63, 3.8) is 0 Å². The minimum Gasteiger partial charge on any atom is -0.389 e. The molecule has 0 aliphatic carbocycles. The van der Waals surface area contributed by atoms with Crippen molar-refractivity contribution in [2.75, 3.05) is 0 Å². The van der Waals surface area contributed by atoms with Crippen LogP contribution in [0.5, 0.6) is 0 Å². The largest absolute Gasteiger partial charge is 0.389 e. The van der Waals surface area contributed by atoms with Crippen LogP contribution in [0.1, 0.15) is 21.7 Å². The van der Waals surface area contributed by atoms with E-state index in [9.17, 15) is 0 Å². The van der Waals surface area contributed by atoms with Crippen LogP contribution in [-0.2, 0) is 6.61 Å². The van der Waals surface area contributed by atoms with Crippen LogP contribution in [0.2, 0.25) is 0 Å². The average Bonchev–Trinajstić information content (AvgIpc) is 2.57. The number of aliphatic hydroxyl groups excluding tert-OH is 1. The minimum atomic E-state index is 0.0386. The Hall–Kier alpha value is -0.930. The Balaban J connectivity index is 2.81. The van der Waals surface area contributed by atoms with Gasteiger partial charge in [-0.2, -0.15) is 0 Å².